The average Bonchev–Trinajstić information content (AvgIpc) is 2.54. The van der Waals surface area contributed by atoms with E-state index in [1.165, 1.54) is 12.0 Å². The summed E-state index contributed by atoms with van der Waals surface area (Å²) in [6, 6.07) is 6.12. The molecule has 4 heteroatoms. The van der Waals surface area contributed by atoms with Crippen LogP contribution in [0.1, 0.15) is 30.4 Å². The molecule has 0 spiro atoms. The van der Waals surface area contributed by atoms with Crippen LogP contribution in [0.5, 0.6) is 5.75 Å². The Kier molecular flexibility index (Phi) is 8.70. The van der Waals surface area contributed by atoms with Gasteiger partial charge < -0.3 is 9.47 Å². The number of terminal acetylenes is 1. The van der Waals surface area contributed by atoms with Gasteiger partial charge in [-0.1, -0.05) is 45.2 Å². The molecule has 1 aromatic carbocycles. The van der Waals surface area contributed by atoms with Crippen molar-refractivity contribution < 1.29 is 9.47 Å². The van der Waals surface area contributed by atoms with Crippen LogP contribution in [0.25, 0.3) is 0 Å². The predicted octanol–water partition coefficient (Wildman–Crippen LogP) is 5.63. The van der Waals surface area contributed by atoms with Crippen LogP contribution in [0.15, 0.2) is 18.2 Å². The first-order chi connectivity index (χ1) is 12.0. The molecule has 1 heterocycles. The molecule has 1 atom stereocenters. The second-order valence-corrected chi connectivity index (χ2v) is 18.3. The Hall–Kier alpha value is -1.47. The minimum absolute atomic E-state index is 0.0814. The molecule has 0 amide bonds. The number of rotatable bonds is 2. The van der Waals surface area contributed by atoms with Crippen LogP contribution in [0.2, 0.25) is 39.3 Å². The Morgan fingerprint density at radius 1 is 1.08 bits per heavy atom. The number of aryl methyl sites for hydroxylation is 1. The molecule has 2 nitrogen and oxygen atoms in total. The summed E-state index contributed by atoms with van der Waals surface area (Å²) in [6.07, 6.45) is 8.35. The Bertz CT molecular complexity index is 673. The molecule has 0 saturated carbocycles. The third-order valence-corrected chi connectivity index (χ3v) is 5.35. The van der Waals surface area contributed by atoms with Gasteiger partial charge in [0.05, 0.1) is 6.61 Å². The van der Waals surface area contributed by atoms with E-state index in [1.807, 2.05) is 6.07 Å². The van der Waals surface area contributed by atoms with E-state index in [0.717, 1.165) is 30.8 Å². The van der Waals surface area contributed by atoms with Crippen molar-refractivity contribution in [3.63, 3.8) is 0 Å². The highest BCUT2D eigenvalue weighted by Gasteiger charge is 2.15. The summed E-state index contributed by atoms with van der Waals surface area (Å²) in [4.78, 5) is 0. The summed E-state index contributed by atoms with van der Waals surface area (Å²) < 4.78 is 11.5. The molecule has 1 aliphatic rings. The summed E-state index contributed by atoms with van der Waals surface area (Å²) >= 11 is 0. The van der Waals surface area contributed by atoms with Gasteiger partial charge >= 0.3 is 0 Å². The van der Waals surface area contributed by atoms with Crippen LogP contribution >= 0.6 is 0 Å². The van der Waals surface area contributed by atoms with E-state index < -0.39 is 16.1 Å². The van der Waals surface area contributed by atoms with E-state index in [1.54, 1.807) is 0 Å². The third-order valence-electron chi connectivity index (χ3n) is 3.61. The first kappa shape index (κ1) is 22.6. The summed E-state index contributed by atoms with van der Waals surface area (Å²) in [7, 11) is -2.43. The van der Waals surface area contributed by atoms with Crippen molar-refractivity contribution in [3.8, 4) is 29.2 Å². The Balaban J connectivity index is 0.000000487. The fourth-order valence-electron chi connectivity index (χ4n) is 2.06. The maximum atomic E-state index is 5.87. The summed E-state index contributed by atoms with van der Waals surface area (Å²) in [5.41, 5.74) is 8.42. The predicted molar refractivity (Wildman–Crippen MR) is 118 cm³/mol. The normalized spacial score (nSPS) is 17.1. The van der Waals surface area contributed by atoms with Crippen molar-refractivity contribution in [2.45, 2.75) is 71.8 Å². The fourth-order valence-corrected chi connectivity index (χ4v) is 2.57. The lowest BCUT2D eigenvalue weighted by molar-refractivity contribution is -0.105. The van der Waals surface area contributed by atoms with Crippen molar-refractivity contribution in [3.05, 3.63) is 29.3 Å². The molecular weight excluding hydrogens is 352 g/mol. The minimum atomic E-state index is -1.32. The highest BCUT2D eigenvalue weighted by Crippen LogP contribution is 2.21. The Morgan fingerprint density at radius 3 is 2.19 bits per heavy atom. The molecule has 2 rings (SSSR count). The van der Waals surface area contributed by atoms with E-state index in [2.05, 4.69) is 75.3 Å². The van der Waals surface area contributed by atoms with Gasteiger partial charge in [0.2, 0.25) is 0 Å². The van der Waals surface area contributed by atoms with Gasteiger partial charge in [-0.05, 0) is 43.5 Å². The molecule has 1 aromatic rings. The largest absolute Gasteiger partial charge is 0.465 e. The van der Waals surface area contributed by atoms with Gasteiger partial charge in [0.15, 0.2) is 6.29 Å². The van der Waals surface area contributed by atoms with Gasteiger partial charge in [0, 0.05) is 12.0 Å². The number of hydrogen-bond donors (Lipinski definition) is 0. The van der Waals surface area contributed by atoms with Crippen molar-refractivity contribution >= 4 is 16.1 Å². The molecule has 0 aliphatic carbocycles. The monoisotopic (exact) mass is 386 g/mol. The van der Waals surface area contributed by atoms with Crippen LogP contribution in [-0.4, -0.2) is 29.0 Å². The van der Waals surface area contributed by atoms with Crippen LogP contribution in [-0.2, 0) is 4.74 Å². The van der Waals surface area contributed by atoms with E-state index >= 15 is 0 Å². The van der Waals surface area contributed by atoms with Gasteiger partial charge in [-0.3, -0.25) is 0 Å². The van der Waals surface area contributed by atoms with Gasteiger partial charge in [0.25, 0.3) is 0 Å². The molecule has 1 aliphatic heterocycles. The third kappa shape index (κ3) is 9.87. The van der Waals surface area contributed by atoms with Crippen molar-refractivity contribution in [2.75, 3.05) is 6.61 Å². The van der Waals surface area contributed by atoms with Crippen molar-refractivity contribution in [1.82, 2.24) is 0 Å². The summed E-state index contributed by atoms with van der Waals surface area (Å²) in [6.45, 7) is 16.1. The Labute approximate surface area is 162 Å². The second-order valence-electron chi connectivity index (χ2n) is 8.79. The SMILES string of the molecule is C#C[Si](C)(C)C.Cc1cc(OC2CCCCO2)ccc1C#C[Si](C)(C)C. The number of benzene rings is 1. The summed E-state index contributed by atoms with van der Waals surface area (Å²) in [5, 5.41) is 0. The van der Waals surface area contributed by atoms with E-state index in [9.17, 15) is 0 Å². The lowest BCUT2D eigenvalue weighted by Gasteiger charge is -2.23. The smallest absolute Gasteiger partial charge is 0.199 e. The first-order valence-corrected chi connectivity index (χ1v) is 16.4. The van der Waals surface area contributed by atoms with Crippen LogP contribution in [0.4, 0.5) is 0 Å². The molecule has 0 aromatic heterocycles. The van der Waals surface area contributed by atoms with Gasteiger partial charge in [-0.15, -0.1) is 17.5 Å². The van der Waals surface area contributed by atoms with Crippen LogP contribution in [0.3, 0.4) is 0 Å². The molecule has 1 fully saturated rings. The van der Waals surface area contributed by atoms with Crippen molar-refractivity contribution in [2.24, 2.45) is 0 Å². The molecule has 1 unspecified atom stereocenters. The summed E-state index contributed by atoms with van der Waals surface area (Å²) in [5.74, 6) is 4.19. The van der Waals surface area contributed by atoms with Crippen LogP contribution < -0.4 is 4.74 Å². The lowest BCUT2D eigenvalue weighted by atomic mass is 10.1. The molecule has 26 heavy (non-hydrogen) atoms. The standard InChI is InChI=1S/C17H24O2Si.C5H10Si/c1-14-13-16(19-17-7-5-6-11-18-17)9-8-15(14)10-12-20(2,3)4;1-5-6(2,3)4/h8-9,13,17H,5-7,11H2,1-4H3;1H,2-4H3. The second kappa shape index (κ2) is 10.0. The number of ether oxygens (including phenoxy) is 2. The fraction of sp³-hybridized carbons (Fsp3) is 0.545. The Morgan fingerprint density at radius 2 is 1.73 bits per heavy atom. The zero-order valence-electron chi connectivity index (χ0n) is 17.5. The molecule has 142 valence electrons. The molecule has 0 N–H and O–H groups in total. The molecular formula is C22H34O2Si2. The first-order valence-electron chi connectivity index (χ1n) is 9.40. The minimum Gasteiger partial charge on any atom is -0.465 e. The molecule has 0 radical (unpaired) electrons. The highest BCUT2D eigenvalue weighted by molar-refractivity contribution is 6.84. The zero-order valence-corrected chi connectivity index (χ0v) is 19.5. The van der Waals surface area contributed by atoms with Crippen LogP contribution in [0, 0.1) is 30.4 Å². The van der Waals surface area contributed by atoms with E-state index in [0.29, 0.717) is 0 Å². The van der Waals surface area contributed by atoms with Gasteiger partial charge in [-0.2, -0.15) is 0 Å². The zero-order chi connectivity index (χ0) is 19.8. The van der Waals surface area contributed by atoms with E-state index in [4.69, 9.17) is 15.9 Å². The van der Waals surface area contributed by atoms with Crippen molar-refractivity contribution in [1.29, 1.82) is 0 Å². The quantitative estimate of drug-likeness (QED) is 0.485. The molecule has 0 bridgehead atoms. The maximum Gasteiger partial charge on any atom is 0.199 e. The topological polar surface area (TPSA) is 18.5 Å². The van der Waals surface area contributed by atoms with Gasteiger partial charge in [-0.25, -0.2) is 0 Å². The number of hydrogen-bond acceptors (Lipinski definition) is 2. The molecule has 1 saturated heterocycles. The van der Waals surface area contributed by atoms with Gasteiger partial charge in [0.1, 0.15) is 21.9 Å². The highest BCUT2D eigenvalue weighted by atomic mass is 28.3. The lowest BCUT2D eigenvalue weighted by Crippen LogP contribution is -2.25. The average molecular weight is 387 g/mol. The van der Waals surface area contributed by atoms with E-state index in [-0.39, 0.29) is 6.29 Å². The maximum absolute atomic E-state index is 5.87.